The molecular weight excluding hydrogens is 292 g/mol. The molecule has 3 unspecified atom stereocenters. The molecule has 0 bridgehead atoms. The number of rotatable bonds is 3. The fraction of sp³-hybridized carbons (Fsp3) is 0.571. The molecule has 1 aromatic rings. The summed E-state index contributed by atoms with van der Waals surface area (Å²) < 4.78 is 1.07. The SMILES string of the molecule is CC(N)C(c1cccc(Br)c1)N1CCC(C)(O)C1. The molecule has 0 aromatic heterocycles. The van der Waals surface area contributed by atoms with Gasteiger partial charge in [-0.3, -0.25) is 4.90 Å². The quantitative estimate of drug-likeness (QED) is 0.900. The van der Waals surface area contributed by atoms with E-state index in [9.17, 15) is 5.11 Å². The van der Waals surface area contributed by atoms with E-state index in [1.54, 1.807) is 0 Å². The fourth-order valence-electron chi connectivity index (χ4n) is 2.76. The van der Waals surface area contributed by atoms with Crippen LogP contribution >= 0.6 is 15.9 Å². The number of benzene rings is 1. The van der Waals surface area contributed by atoms with Gasteiger partial charge in [0.05, 0.1) is 5.60 Å². The summed E-state index contributed by atoms with van der Waals surface area (Å²) in [4.78, 5) is 2.28. The van der Waals surface area contributed by atoms with E-state index >= 15 is 0 Å². The van der Waals surface area contributed by atoms with Gasteiger partial charge in [0.25, 0.3) is 0 Å². The van der Waals surface area contributed by atoms with E-state index in [-0.39, 0.29) is 12.1 Å². The Labute approximate surface area is 117 Å². The first-order chi connectivity index (χ1) is 8.39. The molecule has 4 heteroatoms. The van der Waals surface area contributed by atoms with Crippen molar-refractivity contribution in [2.75, 3.05) is 13.1 Å². The van der Waals surface area contributed by atoms with Crippen molar-refractivity contribution in [3.63, 3.8) is 0 Å². The van der Waals surface area contributed by atoms with E-state index in [0.29, 0.717) is 6.54 Å². The summed E-state index contributed by atoms with van der Waals surface area (Å²) in [5.74, 6) is 0. The standard InChI is InChI=1S/C14H21BrN2O/c1-10(16)13(11-4-3-5-12(15)8-11)17-7-6-14(2,18)9-17/h3-5,8,10,13,18H,6-7,9,16H2,1-2H3. The first-order valence-electron chi connectivity index (χ1n) is 6.36. The summed E-state index contributed by atoms with van der Waals surface area (Å²) in [7, 11) is 0. The van der Waals surface area contributed by atoms with Crippen molar-refractivity contribution in [1.82, 2.24) is 4.90 Å². The summed E-state index contributed by atoms with van der Waals surface area (Å²) in [5, 5.41) is 10.1. The highest BCUT2D eigenvalue weighted by Gasteiger charge is 2.36. The van der Waals surface area contributed by atoms with Crippen LogP contribution in [0.4, 0.5) is 0 Å². The zero-order valence-electron chi connectivity index (χ0n) is 10.9. The molecule has 3 nitrogen and oxygen atoms in total. The highest BCUT2D eigenvalue weighted by atomic mass is 79.9. The smallest absolute Gasteiger partial charge is 0.0758 e. The Bertz CT molecular complexity index is 420. The van der Waals surface area contributed by atoms with Crippen molar-refractivity contribution in [3.05, 3.63) is 34.3 Å². The highest BCUT2D eigenvalue weighted by molar-refractivity contribution is 9.10. The van der Waals surface area contributed by atoms with Crippen molar-refractivity contribution in [3.8, 4) is 0 Å². The second kappa shape index (κ2) is 5.29. The Morgan fingerprint density at radius 1 is 1.50 bits per heavy atom. The van der Waals surface area contributed by atoms with Gasteiger partial charge in [-0.05, 0) is 38.0 Å². The van der Waals surface area contributed by atoms with E-state index in [2.05, 4.69) is 33.0 Å². The molecule has 1 aliphatic rings. The van der Waals surface area contributed by atoms with Crippen LogP contribution in [-0.2, 0) is 0 Å². The normalized spacial score (nSPS) is 28.3. The second-order valence-corrected chi connectivity index (χ2v) is 6.49. The minimum atomic E-state index is -0.584. The molecule has 0 saturated carbocycles. The maximum absolute atomic E-state index is 10.1. The number of halogens is 1. The van der Waals surface area contributed by atoms with Gasteiger partial charge in [0.15, 0.2) is 0 Å². The number of hydrogen-bond donors (Lipinski definition) is 2. The number of hydrogen-bond acceptors (Lipinski definition) is 3. The van der Waals surface area contributed by atoms with Crippen molar-refractivity contribution in [2.24, 2.45) is 5.73 Å². The Morgan fingerprint density at radius 2 is 2.22 bits per heavy atom. The van der Waals surface area contributed by atoms with E-state index in [4.69, 9.17) is 5.73 Å². The van der Waals surface area contributed by atoms with Crippen LogP contribution < -0.4 is 5.73 Å². The third-order valence-electron chi connectivity index (χ3n) is 3.56. The van der Waals surface area contributed by atoms with E-state index in [1.165, 1.54) is 5.56 Å². The zero-order valence-corrected chi connectivity index (χ0v) is 12.5. The van der Waals surface area contributed by atoms with Crippen LogP contribution in [0.2, 0.25) is 0 Å². The van der Waals surface area contributed by atoms with Gasteiger partial charge in [0.2, 0.25) is 0 Å². The Hall–Kier alpha value is -0.420. The number of nitrogens with zero attached hydrogens (tertiary/aromatic N) is 1. The van der Waals surface area contributed by atoms with Crippen molar-refractivity contribution in [1.29, 1.82) is 0 Å². The van der Waals surface area contributed by atoms with Crippen molar-refractivity contribution >= 4 is 15.9 Å². The number of likely N-dealkylation sites (tertiary alicyclic amines) is 1. The molecule has 3 N–H and O–H groups in total. The molecule has 1 saturated heterocycles. The first kappa shape index (κ1) is 14.0. The average molecular weight is 313 g/mol. The Balaban J connectivity index is 2.24. The van der Waals surface area contributed by atoms with E-state index in [1.807, 2.05) is 26.0 Å². The van der Waals surface area contributed by atoms with Gasteiger partial charge in [-0.2, -0.15) is 0 Å². The minimum Gasteiger partial charge on any atom is -0.389 e. The molecule has 1 heterocycles. The monoisotopic (exact) mass is 312 g/mol. The van der Waals surface area contributed by atoms with Crippen LogP contribution in [0, 0.1) is 0 Å². The van der Waals surface area contributed by atoms with Crippen LogP contribution in [0.5, 0.6) is 0 Å². The predicted octanol–water partition coefficient (Wildman–Crippen LogP) is 2.29. The van der Waals surface area contributed by atoms with Gasteiger partial charge in [-0.15, -0.1) is 0 Å². The zero-order chi connectivity index (χ0) is 13.3. The van der Waals surface area contributed by atoms with Crippen LogP contribution in [0.1, 0.15) is 31.9 Å². The lowest BCUT2D eigenvalue weighted by Gasteiger charge is -2.32. The fourth-order valence-corrected chi connectivity index (χ4v) is 3.17. The van der Waals surface area contributed by atoms with E-state index in [0.717, 1.165) is 17.4 Å². The van der Waals surface area contributed by atoms with Gasteiger partial charge in [-0.1, -0.05) is 28.1 Å². The first-order valence-corrected chi connectivity index (χ1v) is 7.16. The highest BCUT2D eigenvalue weighted by Crippen LogP contribution is 2.32. The summed E-state index contributed by atoms with van der Waals surface area (Å²) in [5.41, 5.74) is 6.77. The largest absolute Gasteiger partial charge is 0.389 e. The maximum atomic E-state index is 10.1. The third-order valence-corrected chi connectivity index (χ3v) is 4.06. The Morgan fingerprint density at radius 3 is 2.72 bits per heavy atom. The van der Waals surface area contributed by atoms with Crippen LogP contribution in [0.3, 0.4) is 0 Å². The van der Waals surface area contributed by atoms with Gasteiger partial charge in [0.1, 0.15) is 0 Å². The summed E-state index contributed by atoms with van der Waals surface area (Å²) >= 11 is 3.50. The molecule has 3 atom stereocenters. The summed E-state index contributed by atoms with van der Waals surface area (Å²) in [6, 6.07) is 8.46. The molecule has 1 aromatic carbocycles. The van der Waals surface area contributed by atoms with Crippen molar-refractivity contribution < 1.29 is 5.11 Å². The predicted molar refractivity (Wildman–Crippen MR) is 77.3 cm³/mol. The van der Waals surface area contributed by atoms with Crippen LogP contribution in [0.15, 0.2) is 28.7 Å². The topological polar surface area (TPSA) is 49.5 Å². The number of β-amino-alcohol motifs (C(OH)–C–C–N with tert-alkyl or cyclic N) is 1. The number of nitrogens with two attached hydrogens (primary N) is 1. The summed E-state index contributed by atoms with van der Waals surface area (Å²) in [6.07, 6.45) is 0.810. The van der Waals surface area contributed by atoms with Gasteiger partial charge in [-0.25, -0.2) is 0 Å². The second-order valence-electron chi connectivity index (χ2n) is 5.58. The number of aliphatic hydroxyl groups is 1. The average Bonchev–Trinajstić information content (AvgIpc) is 2.58. The molecule has 1 aliphatic heterocycles. The van der Waals surface area contributed by atoms with Gasteiger partial charge in [0, 0.05) is 29.6 Å². The molecule has 0 radical (unpaired) electrons. The van der Waals surface area contributed by atoms with Crippen LogP contribution in [0.25, 0.3) is 0 Å². The Kier molecular flexibility index (Phi) is 4.11. The molecule has 0 amide bonds. The molecule has 0 aliphatic carbocycles. The lowest BCUT2D eigenvalue weighted by Crippen LogP contribution is -2.40. The maximum Gasteiger partial charge on any atom is 0.0758 e. The molecule has 18 heavy (non-hydrogen) atoms. The molecular formula is C14H21BrN2O. The molecule has 100 valence electrons. The minimum absolute atomic E-state index is 0.0354. The lowest BCUT2D eigenvalue weighted by molar-refractivity contribution is 0.0601. The third kappa shape index (κ3) is 3.12. The van der Waals surface area contributed by atoms with E-state index < -0.39 is 5.60 Å². The van der Waals surface area contributed by atoms with Crippen LogP contribution in [-0.4, -0.2) is 34.7 Å². The lowest BCUT2D eigenvalue weighted by atomic mass is 9.99. The van der Waals surface area contributed by atoms with Gasteiger partial charge < -0.3 is 10.8 Å². The molecule has 0 spiro atoms. The van der Waals surface area contributed by atoms with Gasteiger partial charge >= 0.3 is 0 Å². The molecule has 1 fully saturated rings. The summed E-state index contributed by atoms with van der Waals surface area (Å²) in [6.45, 7) is 5.50. The molecule has 2 rings (SSSR count). The van der Waals surface area contributed by atoms with Crippen molar-refractivity contribution in [2.45, 2.75) is 38.0 Å².